The molecule has 0 aliphatic heterocycles. The molecule has 2 unspecified atom stereocenters. The van der Waals surface area contributed by atoms with Crippen molar-refractivity contribution in [2.24, 2.45) is 5.92 Å². The van der Waals surface area contributed by atoms with Crippen LogP contribution in [-0.4, -0.2) is 22.4 Å². The minimum absolute atomic E-state index is 0.0791. The van der Waals surface area contributed by atoms with Crippen molar-refractivity contribution in [3.63, 3.8) is 0 Å². The SMILES string of the molecule is CC(C)C(O)C(O)Cc1ccc(Br)cc1. The molecule has 0 radical (unpaired) electrons. The molecule has 2 N–H and O–H groups in total. The molecule has 1 aromatic rings. The Bertz CT molecular complexity index is 295. The summed E-state index contributed by atoms with van der Waals surface area (Å²) < 4.78 is 1.02. The quantitative estimate of drug-likeness (QED) is 0.884. The van der Waals surface area contributed by atoms with E-state index in [4.69, 9.17) is 0 Å². The number of hydrogen-bond acceptors (Lipinski definition) is 2. The minimum atomic E-state index is -0.689. The van der Waals surface area contributed by atoms with Gasteiger partial charge in [-0.15, -0.1) is 0 Å². The topological polar surface area (TPSA) is 40.5 Å². The van der Waals surface area contributed by atoms with E-state index in [1.807, 2.05) is 38.1 Å². The number of rotatable bonds is 4. The van der Waals surface area contributed by atoms with Crippen molar-refractivity contribution in [3.8, 4) is 0 Å². The van der Waals surface area contributed by atoms with E-state index < -0.39 is 12.2 Å². The summed E-state index contributed by atoms with van der Waals surface area (Å²) in [5.41, 5.74) is 1.03. The number of hydrogen-bond donors (Lipinski definition) is 2. The van der Waals surface area contributed by atoms with Crippen molar-refractivity contribution in [1.29, 1.82) is 0 Å². The largest absolute Gasteiger partial charge is 0.390 e. The Kier molecular flexibility index (Phi) is 4.77. The highest BCUT2D eigenvalue weighted by atomic mass is 79.9. The molecule has 0 aliphatic carbocycles. The molecule has 0 amide bonds. The van der Waals surface area contributed by atoms with Gasteiger partial charge in [-0.2, -0.15) is 0 Å². The Balaban J connectivity index is 2.58. The van der Waals surface area contributed by atoms with Gasteiger partial charge in [-0.25, -0.2) is 0 Å². The number of aliphatic hydroxyl groups excluding tert-OH is 2. The molecule has 84 valence electrons. The van der Waals surface area contributed by atoms with Crippen LogP contribution in [0.2, 0.25) is 0 Å². The first-order valence-electron chi connectivity index (χ1n) is 5.11. The van der Waals surface area contributed by atoms with Crippen molar-refractivity contribution in [2.75, 3.05) is 0 Å². The molecule has 0 heterocycles. The predicted molar refractivity (Wildman–Crippen MR) is 64.7 cm³/mol. The Hall–Kier alpha value is -0.380. The second kappa shape index (κ2) is 5.64. The van der Waals surface area contributed by atoms with E-state index in [1.54, 1.807) is 0 Å². The van der Waals surface area contributed by atoms with E-state index in [1.165, 1.54) is 0 Å². The molecule has 0 saturated carbocycles. The maximum Gasteiger partial charge on any atom is 0.0841 e. The summed E-state index contributed by atoms with van der Waals surface area (Å²) in [6, 6.07) is 7.76. The highest BCUT2D eigenvalue weighted by molar-refractivity contribution is 9.10. The number of halogens is 1. The lowest BCUT2D eigenvalue weighted by Gasteiger charge is -2.21. The van der Waals surface area contributed by atoms with Crippen LogP contribution in [0.1, 0.15) is 19.4 Å². The molecule has 2 atom stereocenters. The smallest absolute Gasteiger partial charge is 0.0841 e. The van der Waals surface area contributed by atoms with E-state index in [0.29, 0.717) is 6.42 Å². The van der Waals surface area contributed by atoms with Crippen molar-refractivity contribution >= 4 is 15.9 Å². The zero-order valence-corrected chi connectivity index (χ0v) is 10.6. The van der Waals surface area contributed by atoms with Crippen molar-refractivity contribution in [3.05, 3.63) is 34.3 Å². The normalized spacial score (nSPS) is 15.3. The summed E-state index contributed by atoms with van der Waals surface area (Å²) in [4.78, 5) is 0. The summed E-state index contributed by atoms with van der Waals surface area (Å²) in [7, 11) is 0. The molecule has 1 rings (SSSR count). The lowest BCUT2D eigenvalue weighted by Crippen LogP contribution is -2.32. The van der Waals surface area contributed by atoms with Crippen molar-refractivity contribution in [1.82, 2.24) is 0 Å². The van der Waals surface area contributed by atoms with E-state index in [0.717, 1.165) is 10.0 Å². The Labute approximate surface area is 99.1 Å². The van der Waals surface area contributed by atoms with Crippen molar-refractivity contribution in [2.45, 2.75) is 32.5 Å². The first kappa shape index (κ1) is 12.7. The summed E-state index contributed by atoms with van der Waals surface area (Å²) >= 11 is 3.35. The minimum Gasteiger partial charge on any atom is -0.390 e. The van der Waals surface area contributed by atoms with Crippen LogP contribution in [0.5, 0.6) is 0 Å². The zero-order chi connectivity index (χ0) is 11.4. The van der Waals surface area contributed by atoms with Gasteiger partial charge in [0.2, 0.25) is 0 Å². The summed E-state index contributed by atoms with van der Waals surface area (Å²) in [5.74, 6) is 0.0791. The second-order valence-electron chi connectivity index (χ2n) is 4.13. The number of aliphatic hydroxyl groups is 2. The Morgan fingerprint density at radius 1 is 1.13 bits per heavy atom. The van der Waals surface area contributed by atoms with Gasteiger partial charge in [-0.1, -0.05) is 41.9 Å². The maximum atomic E-state index is 9.75. The van der Waals surface area contributed by atoms with Crippen LogP contribution in [-0.2, 0) is 6.42 Å². The molecular formula is C12H17BrO2. The average Bonchev–Trinajstić information content (AvgIpc) is 2.20. The van der Waals surface area contributed by atoms with Gasteiger partial charge in [0, 0.05) is 10.9 Å². The summed E-state index contributed by atoms with van der Waals surface area (Å²) in [5, 5.41) is 19.4. The fourth-order valence-electron chi connectivity index (χ4n) is 1.43. The Morgan fingerprint density at radius 3 is 2.13 bits per heavy atom. The van der Waals surface area contributed by atoms with E-state index >= 15 is 0 Å². The lowest BCUT2D eigenvalue weighted by molar-refractivity contribution is -0.00731. The average molecular weight is 273 g/mol. The fraction of sp³-hybridized carbons (Fsp3) is 0.500. The molecule has 15 heavy (non-hydrogen) atoms. The zero-order valence-electron chi connectivity index (χ0n) is 9.02. The van der Waals surface area contributed by atoms with E-state index in [2.05, 4.69) is 15.9 Å². The van der Waals surface area contributed by atoms with Gasteiger partial charge in [0.1, 0.15) is 0 Å². The van der Waals surface area contributed by atoms with Crippen LogP contribution in [0.25, 0.3) is 0 Å². The molecule has 1 aromatic carbocycles. The molecular weight excluding hydrogens is 256 g/mol. The van der Waals surface area contributed by atoms with Crippen LogP contribution < -0.4 is 0 Å². The van der Waals surface area contributed by atoms with Crippen molar-refractivity contribution < 1.29 is 10.2 Å². The van der Waals surface area contributed by atoms with E-state index in [-0.39, 0.29) is 5.92 Å². The molecule has 0 bridgehead atoms. The third kappa shape index (κ3) is 3.93. The van der Waals surface area contributed by atoms with Crippen LogP contribution in [0.15, 0.2) is 28.7 Å². The fourth-order valence-corrected chi connectivity index (χ4v) is 1.69. The van der Waals surface area contributed by atoms with Crippen LogP contribution in [0, 0.1) is 5.92 Å². The maximum absolute atomic E-state index is 9.75. The lowest BCUT2D eigenvalue weighted by atomic mass is 9.97. The number of benzene rings is 1. The van der Waals surface area contributed by atoms with Crippen LogP contribution >= 0.6 is 15.9 Å². The Morgan fingerprint density at radius 2 is 1.67 bits per heavy atom. The van der Waals surface area contributed by atoms with E-state index in [9.17, 15) is 10.2 Å². The summed E-state index contributed by atoms with van der Waals surface area (Å²) in [6.45, 7) is 3.80. The third-order valence-corrected chi connectivity index (χ3v) is 2.96. The van der Waals surface area contributed by atoms with Crippen LogP contribution in [0.4, 0.5) is 0 Å². The monoisotopic (exact) mass is 272 g/mol. The highest BCUT2D eigenvalue weighted by Crippen LogP contribution is 2.15. The van der Waals surface area contributed by atoms with Crippen LogP contribution in [0.3, 0.4) is 0 Å². The van der Waals surface area contributed by atoms with Gasteiger partial charge in [0.15, 0.2) is 0 Å². The predicted octanol–water partition coefficient (Wildman–Crippen LogP) is 2.37. The standard InChI is InChI=1S/C12H17BrO2/c1-8(2)12(15)11(14)7-9-3-5-10(13)6-4-9/h3-6,8,11-12,14-15H,7H2,1-2H3. The third-order valence-electron chi connectivity index (χ3n) is 2.44. The molecule has 0 spiro atoms. The van der Waals surface area contributed by atoms with Gasteiger partial charge >= 0.3 is 0 Å². The molecule has 0 aliphatic rings. The van der Waals surface area contributed by atoms with Gasteiger partial charge in [-0.3, -0.25) is 0 Å². The molecule has 3 heteroatoms. The molecule has 0 aromatic heterocycles. The van der Waals surface area contributed by atoms with Gasteiger partial charge in [-0.05, 0) is 23.6 Å². The summed E-state index contributed by atoms with van der Waals surface area (Å²) in [6.07, 6.45) is -0.855. The van der Waals surface area contributed by atoms with Gasteiger partial charge < -0.3 is 10.2 Å². The second-order valence-corrected chi connectivity index (χ2v) is 5.05. The van der Waals surface area contributed by atoms with Gasteiger partial charge in [0.05, 0.1) is 12.2 Å². The van der Waals surface area contributed by atoms with Gasteiger partial charge in [0.25, 0.3) is 0 Å². The molecule has 0 saturated heterocycles. The highest BCUT2D eigenvalue weighted by Gasteiger charge is 2.19. The molecule has 2 nitrogen and oxygen atoms in total. The first-order chi connectivity index (χ1) is 7.00. The first-order valence-corrected chi connectivity index (χ1v) is 5.90. The molecule has 0 fully saturated rings.